The quantitative estimate of drug-likeness (QED) is 0.331. The van der Waals surface area contributed by atoms with Crippen molar-refractivity contribution in [3.8, 4) is 21.1 Å². The molecule has 0 radical (unpaired) electrons. The second-order valence-electron chi connectivity index (χ2n) is 7.11. The van der Waals surface area contributed by atoms with Crippen molar-refractivity contribution in [3.63, 3.8) is 0 Å². The summed E-state index contributed by atoms with van der Waals surface area (Å²) >= 11 is 1.49. The minimum atomic E-state index is -0.606. The summed E-state index contributed by atoms with van der Waals surface area (Å²) in [7, 11) is 0. The molecule has 0 fully saturated rings. The molecule has 2 aromatic carbocycles. The fraction of sp³-hybridized carbons (Fsp3) is 0.130. The Morgan fingerprint density at radius 1 is 1.09 bits per heavy atom. The SMILES string of the molecule is Cc1nc(-c2ccccc2)sc1-c1ccc(=O)n(CCNC(=O)c2ccccc2[N+](=O)[O-])n1. The third-order valence-electron chi connectivity index (χ3n) is 4.87. The molecule has 0 aliphatic heterocycles. The van der Waals surface area contributed by atoms with Crippen LogP contribution in [0.15, 0.2) is 71.5 Å². The number of nitrogens with zero attached hydrogens (tertiary/aromatic N) is 4. The van der Waals surface area contributed by atoms with Crippen molar-refractivity contribution >= 4 is 22.9 Å². The van der Waals surface area contributed by atoms with E-state index in [-0.39, 0.29) is 29.9 Å². The Kier molecular flexibility index (Phi) is 6.36. The van der Waals surface area contributed by atoms with Crippen molar-refractivity contribution in [2.75, 3.05) is 6.54 Å². The van der Waals surface area contributed by atoms with Crippen molar-refractivity contribution in [1.29, 1.82) is 0 Å². The van der Waals surface area contributed by atoms with Crippen LogP contribution in [0.25, 0.3) is 21.1 Å². The number of rotatable bonds is 7. The molecule has 33 heavy (non-hydrogen) atoms. The van der Waals surface area contributed by atoms with Gasteiger partial charge in [0.15, 0.2) is 0 Å². The summed E-state index contributed by atoms with van der Waals surface area (Å²) in [6, 6.07) is 18.6. The standard InChI is InChI=1S/C23H19N5O4S/c1-15-21(33-23(25-15)16-7-3-2-4-8-16)18-11-12-20(29)27(26-18)14-13-24-22(30)17-9-5-6-10-19(17)28(31)32/h2-12H,13-14H2,1H3,(H,24,30). The first-order valence-corrected chi connectivity index (χ1v) is 10.9. The number of thiazole rings is 1. The Morgan fingerprint density at radius 3 is 2.58 bits per heavy atom. The van der Waals surface area contributed by atoms with E-state index >= 15 is 0 Å². The Bertz CT molecular complexity index is 1380. The maximum atomic E-state index is 12.4. The van der Waals surface area contributed by atoms with Crippen LogP contribution in [0.4, 0.5) is 5.69 Å². The van der Waals surface area contributed by atoms with Gasteiger partial charge in [-0.3, -0.25) is 19.7 Å². The highest BCUT2D eigenvalue weighted by molar-refractivity contribution is 7.18. The molecule has 0 atom stereocenters. The molecule has 0 bridgehead atoms. The van der Waals surface area contributed by atoms with Crippen molar-refractivity contribution < 1.29 is 9.72 Å². The fourth-order valence-electron chi connectivity index (χ4n) is 3.26. The van der Waals surface area contributed by atoms with Crippen molar-refractivity contribution in [2.24, 2.45) is 0 Å². The van der Waals surface area contributed by atoms with Crippen LogP contribution in [0.1, 0.15) is 16.1 Å². The fourth-order valence-corrected chi connectivity index (χ4v) is 4.30. The molecule has 1 N–H and O–H groups in total. The summed E-state index contributed by atoms with van der Waals surface area (Å²) in [4.78, 5) is 40.7. The molecule has 0 aliphatic rings. The molecule has 1 amide bonds. The largest absolute Gasteiger partial charge is 0.350 e. The van der Waals surface area contributed by atoms with Gasteiger partial charge in [-0.1, -0.05) is 42.5 Å². The van der Waals surface area contributed by atoms with Gasteiger partial charge in [0.2, 0.25) is 0 Å². The lowest BCUT2D eigenvalue weighted by Gasteiger charge is -2.08. The highest BCUT2D eigenvalue weighted by Crippen LogP contribution is 2.33. The van der Waals surface area contributed by atoms with E-state index in [0.29, 0.717) is 5.69 Å². The van der Waals surface area contributed by atoms with Gasteiger partial charge >= 0.3 is 0 Å². The summed E-state index contributed by atoms with van der Waals surface area (Å²) in [5.41, 5.74) is 1.79. The molecule has 0 saturated carbocycles. The average molecular weight is 462 g/mol. The van der Waals surface area contributed by atoms with E-state index in [9.17, 15) is 19.7 Å². The van der Waals surface area contributed by atoms with Gasteiger partial charge < -0.3 is 5.32 Å². The predicted molar refractivity (Wildman–Crippen MR) is 125 cm³/mol. The van der Waals surface area contributed by atoms with Crippen LogP contribution in [0.2, 0.25) is 0 Å². The average Bonchev–Trinajstić information content (AvgIpc) is 3.22. The number of nitro benzene ring substituents is 1. The highest BCUT2D eigenvalue weighted by Gasteiger charge is 2.19. The number of hydrogen-bond acceptors (Lipinski definition) is 7. The Balaban J connectivity index is 1.50. The van der Waals surface area contributed by atoms with Crippen molar-refractivity contribution in [3.05, 3.63) is 98.5 Å². The van der Waals surface area contributed by atoms with Gasteiger partial charge in [0.1, 0.15) is 16.3 Å². The number of amides is 1. The number of benzene rings is 2. The minimum Gasteiger partial charge on any atom is -0.350 e. The Morgan fingerprint density at radius 2 is 1.82 bits per heavy atom. The predicted octanol–water partition coefficient (Wildman–Crippen LogP) is 3.68. The summed E-state index contributed by atoms with van der Waals surface area (Å²) in [5.74, 6) is -0.586. The van der Waals surface area contributed by atoms with Crippen LogP contribution < -0.4 is 10.9 Å². The van der Waals surface area contributed by atoms with Gasteiger partial charge in [0.05, 0.1) is 22.0 Å². The maximum absolute atomic E-state index is 12.4. The van der Waals surface area contributed by atoms with E-state index in [2.05, 4.69) is 15.4 Å². The third-order valence-corrected chi connectivity index (χ3v) is 6.10. The van der Waals surface area contributed by atoms with E-state index < -0.39 is 10.8 Å². The van der Waals surface area contributed by atoms with E-state index in [4.69, 9.17) is 0 Å². The lowest BCUT2D eigenvalue weighted by molar-refractivity contribution is -0.385. The monoisotopic (exact) mass is 461 g/mol. The molecule has 0 saturated heterocycles. The molecule has 166 valence electrons. The number of para-hydroxylation sites is 1. The molecular formula is C23H19N5O4S. The van der Waals surface area contributed by atoms with Crippen LogP contribution in [0.3, 0.4) is 0 Å². The molecule has 0 aliphatic carbocycles. The van der Waals surface area contributed by atoms with Gasteiger partial charge in [-0.15, -0.1) is 11.3 Å². The first-order valence-electron chi connectivity index (χ1n) is 10.1. The summed E-state index contributed by atoms with van der Waals surface area (Å²) < 4.78 is 1.26. The minimum absolute atomic E-state index is 0.0368. The Labute approximate surface area is 192 Å². The molecule has 0 spiro atoms. The van der Waals surface area contributed by atoms with Gasteiger partial charge in [-0.2, -0.15) is 5.10 Å². The van der Waals surface area contributed by atoms with Gasteiger partial charge in [0, 0.05) is 24.2 Å². The number of hydrogen-bond donors (Lipinski definition) is 1. The van der Waals surface area contributed by atoms with Gasteiger partial charge in [-0.05, 0) is 19.1 Å². The molecule has 2 aromatic heterocycles. The van der Waals surface area contributed by atoms with E-state index in [1.807, 2.05) is 37.3 Å². The summed E-state index contributed by atoms with van der Waals surface area (Å²) in [6.07, 6.45) is 0. The third kappa shape index (κ3) is 4.85. The number of aromatic nitrogens is 3. The number of carbonyl (C=O) groups is 1. The highest BCUT2D eigenvalue weighted by atomic mass is 32.1. The lowest BCUT2D eigenvalue weighted by Crippen LogP contribution is -2.32. The first-order chi connectivity index (χ1) is 15.9. The topological polar surface area (TPSA) is 120 Å². The first kappa shape index (κ1) is 22.0. The zero-order chi connectivity index (χ0) is 23.4. The van der Waals surface area contributed by atoms with E-state index in [1.165, 1.54) is 40.3 Å². The van der Waals surface area contributed by atoms with Crippen molar-refractivity contribution in [2.45, 2.75) is 13.5 Å². The number of nitrogens with one attached hydrogen (secondary N) is 1. The smallest absolute Gasteiger partial charge is 0.282 e. The zero-order valence-electron chi connectivity index (χ0n) is 17.6. The molecular weight excluding hydrogens is 442 g/mol. The van der Waals surface area contributed by atoms with Crippen LogP contribution in [0.5, 0.6) is 0 Å². The molecule has 9 nitrogen and oxygen atoms in total. The van der Waals surface area contributed by atoms with E-state index in [0.717, 1.165) is 21.1 Å². The normalized spacial score (nSPS) is 10.7. The van der Waals surface area contributed by atoms with Crippen LogP contribution in [-0.2, 0) is 6.54 Å². The Hall–Kier alpha value is -4.18. The summed E-state index contributed by atoms with van der Waals surface area (Å²) in [6.45, 7) is 2.09. The number of carbonyl (C=O) groups excluding carboxylic acids is 1. The molecule has 10 heteroatoms. The van der Waals surface area contributed by atoms with E-state index in [1.54, 1.807) is 12.1 Å². The molecule has 4 rings (SSSR count). The van der Waals surface area contributed by atoms with Crippen LogP contribution >= 0.6 is 11.3 Å². The lowest BCUT2D eigenvalue weighted by atomic mass is 10.1. The molecule has 2 heterocycles. The number of aryl methyl sites for hydroxylation is 1. The van der Waals surface area contributed by atoms with Crippen LogP contribution in [0, 0.1) is 17.0 Å². The molecule has 4 aromatic rings. The second kappa shape index (κ2) is 9.53. The van der Waals surface area contributed by atoms with Crippen molar-refractivity contribution in [1.82, 2.24) is 20.1 Å². The molecule has 0 unspecified atom stereocenters. The second-order valence-corrected chi connectivity index (χ2v) is 8.11. The van der Waals surface area contributed by atoms with Gasteiger partial charge in [-0.25, -0.2) is 9.67 Å². The van der Waals surface area contributed by atoms with Crippen LogP contribution in [-0.4, -0.2) is 32.1 Å². The number of nitro groups is 1. The maximum Gasteiger partial charge on any atom is 0.282 e. The van der Waals surface area contributed by atoms with Gasteiger partial charge in [0.25, 0.3) is 17.2 Å². The zero-order valence-corrected chi connectivity index (χ0v) is 18.4. The summed E-state index contributed by atoms with van der Waals surface area (Å²) in [5, 5.41) is 19.0.